The van der Waals surface area contributed by atoms with E-state index in [0.717, 1.165) is 6.61 Å². The zero-order chi connectivity index (χ0) is 13.0. The SMILES string of the molecule is O=[N+]([O-])c1ccc(Cl)c(COCC2CCCC2)c1. The second kappa shape index (κ2) is 6.16. The molecule has 2 rings (SSSR count). The lowest BCUT2D eigenvalue weighted by Gasteiger charge is -2.10. The Morgan fingerprint density at radius 2 is 2.11 bits per heavy atom. The van der Waals surface area contributed by atoms with Gasteiger partial charge in [0.15, 0.2) is 0 Å². The number of benzene rings is 1. The highest BCUT2D eigenvalue weighted by Crippen LogP contribution is 2.26. The van der Waals surface area contributed by atoms with Gasteiger partial charge in [-0.2, -0.15) is 0 Å². The fourth-order valence-corrected chi connectivity index (χ4v) is 2.47. The molecular weight excluding hydrogens is 254 g/mol. The summed E-state index contributed by atoms with van der Waals surface area (Å²) in [5.41, 5.74) is 0.739. The largest absolute Gasteiger partial charge is 0.376 e. The van der Waals surface area contributed by atoms with Crippen LogP contribution in [0, 0.1) is 16.0 Å². The molecule has 1 aromatic rings. The Bertz CT molecular complexity index is 430. The molecule has 0 atom stereocenters. The number of nitro groups is 1. The third-order valence-electron chi connectivity index (χ3n) is 3.33. The van der Waals surface area contributed by atoms with Crippen LogP contribution in [0.3, 0.4) is 0 Å². The molecule has 98 valence electrons. The van der Waals surface area contributed by atoms with Crippen molar-refractivity contribution in [3.63, 3.8) is 0 Å². The molecule has 0 spiro atoms. The van der Waals surface area contributed by atoms with Gasteiger partial charge in [-0.1, -0.05) is 24.4 Å². The first-order chi connectivity index (χ1) is 8.66. The summed E-state index contributed by atoms with van der Waals surface area (Å²) in [5.74, 6) is 0.641. The van der Waals surface area contributed by atoms with Gasteiger partial charge in [0.1, 0.15) is 0 Å². The summed E-state index contributed by atoms with van der Waals surface area (Å²) in [6.45, 7) is 1.07. The molecule has 1 aromatic carbocycles. The molecule has 5 heteroatoms. The van der Waals surface area contributed by atoms with E-state index in [2.05, 4.69) is 0 Å². The highest BCUT2D eigenvalue weighted by atomic mass is 35.5. The number of ether oxygens (including phenoxy) is 1. The van der Waals surface area contributed by atoms with Crippen LogP contribution in [0.1, 0.15) is 31.2 Å². The first-order valence-electron chi connectivity index (χ1n) is 6.17. The molecule has 0 bridgehead atoms. The minimum atomic E-state index is -0.420. The van der Waals surface area contributed by atoms with E-state index in [-0.39, 0.29) is 5.69 Å². The van der Waals surface area contributed by atoms with Crippen LogP contribution in [-0.2, 0) is 11.3 Å². The Hall–Kier alpha value is -1.13. The minimum Gasteiger partial charge on any atom is -0.376 e. The maximum Gasteiger partial charge on any atom is 0.269 e. The van der Waals surface area contributed by atoms with Crippen LogP contribution >= 0.6 is 11.6 Å². The summed E-state index contributed by atoms with van der Waals surface area (Å²) >= 11 is 5.99. The lowest BCUT2D eigenvalue weighted by Crippen LogP contribution is -2.05. The van der Waals surface area contributed by atoms with E-state index >= 15 is 0 Å². The molecule has 1 fully saturated rings. The maximum atomic E-state index is 10.7. The summed E-state index contributed by atoms with van der Waals surface area (Å²) in [5, 5.41) is 11.2. The summed E-state index contributed by atoms with van der Waals surface area (Å²) in [6.07, 6.45) is 5.02. The van der Waals surface area contributed by atoms with E-state index in [4.69, 9.17) is 16.3 Å². The standard InChI is InChI=1S/C13H16ClNO3/c14-13-6-5-12(15(16)17)7-11(13)9-18-8-10-3-1-2-4-10/h5-7,10H,1-4,8-9H2. The van der Waals surface area contributed by atoms with Crippen molar-refractivity contribution in [1.29, 1.82) is 0 Å². The smallest absolute Gasteiger partial charge is 0.269 e. The van der Waals surface area contributed by atoms with Crippen LogP contribution in [0.25, 0.3) is 0 Å². The molecule has 18 heavy (non-hydrogen) atoms. The molecular formula is C13H16ClNO3. The highest BCUT2D eigenvalue weighted by Gasteiger charge is 2.15. The van der Waals surface area contributed by atoms with Crippen molar-refractivity contribution >= 4 is 17.3 Å². The average molecular weight is 270 g/mol. The first kappa shape index (κ1) is 13.3. The summed E-state index contributed by atoms with van der Waals surface area (Å²) < 4.78 is 5.61. The first-order valence-corrected chi connectivity index (χ1v) is 6.55. The Labute approximate surface area is 111 Å². The van der Waals surface area contributed by atoms with E-state index < -0.39 is 4.92 Å². The summed E-state index contributed by atoms with van der Waals surface area (Å²) in [6, 6.07) is 4.44. The van der Waals surface area contributed by atoms with E-state index in [1.807, 2.05) is 0 Å². The fraction of sp³-hybridized carbons (Fsp3) is 0.538. The van der Waals surface area contributed by atoms with Crippen molar-refractivity contribution in [3.8, 4) is 0 Å². The number of nitrogens with zero attached hydrogens (tertiary/aromatic N) is 1. The molecule has 0 aromatic heterocycles. The van der Waals surface area contributed by atoms with Gasteiger partial charge in [0, 0.05) is 29.3 Å². The van der Waals surface area contributed by atoms with Crippen molar-refractivity contribution in [2.75, 3.05) is 6.61 Å². The summed E-state index contributed by atoms with van der Waals surface area (Å²) in [4.78, 5) is 10.2. The van der Waals surface area contributed by atoms with Crippen molar-refractivity contribution in [2.24, 2.45) is 5.92 Å². The lowest BCUT2D eigenvalue weighted by atomic mass is 10.1. The predicted octanol–water partition coefficient (Wildman–Crippen LogP) is 3.96. The Morgan fingerprint density at radius 3 is 2.78 bits per heavy atom. The van der Waals surface area contributed by atoms with Crippen LogP contribution in [0.4, 0.5) is 5.69 Å². The Morgan fingerprint density at radius 1 is 1.39 bits per heavy atom. The molecule has 0 saturated heterocycles. The van der Waals surface area contributed by atoms with Crippen LogP contribution in [0.5, 0.6) is 0 Å². The normalized spacial score (nSPS) is 16.1. The van der Waals surface area contributed by atoms with Gasteiger partial charge in [0.2, 0.25) is 0 Å². The molecule has 1 saturated carbocycles. The van der Waals surface area contributed by atoms with Crippen molar-refractivity contribution in [3.05, 3.63) is 38.9 Å². The van der Waals surface area contributed by atoms with Gasteiger partial charge in [-0.05, 0) is 24.8 Å². The van der Waals surface area contributed by atoms with Gasteiger partial charge in [-0.15, -0.1) is 0 Å². The topological polar surface area (TPSA) is 52.4 Å². The van der Waals surface area contributed by atoms with Crippen molar-refractivity contribution in [1.82, 2.24) is 0 Å². The van der Waals surface area contributed by atoms with Crippen molar-refractivity contribution in [2.45, 2.75) is 32.3 Å². The van der Waals surface area contributed by atoms with Crippen LogP contribution in [0.2, 0.25) is 5.02 Å². The maximum absolute atomic E-state index is 10.7. The number of halogens is 1. The second-order valence-corrected chi connectivity index (χ2v) is 5.11. The molecule has 0 radical (unpaired) electrons. The molecule has 0 aliphatic heterocycles. The van der Waals surface area contributed by atoms with Crippen LogP contribution < -0.4 is 0 Å². The summed E-state index contributed by atoms with van der Waals surface area (Å²) in [7, 11) is 0. The Balaban J connectivity index is 1.91. The third kappa shape index (κ3) is 3.43. The van der Waals surface area contributed by atoms with Crippen LogP contribution in [0.15, 0.2) is 18.2 Å². The van der Waals surface area contributed by atoms with Gasteiger partial charge in [-0.25, -0.2) is 0 Å². The van der Waals surface area contributed by atoms with E-state index in [0.29, 0.717) is 23.1 Å². The molecule has 1 aliphatic carbocycles. The van der Waals surface area contributed by atoms with Gasteiger partial charge >= 0.3 is 0 Å². The van der Waals surface area contributed by atoms with E-state index in [9.17, 15) is 10.1 Å². The lowest BCUT2D eigenvalue weighted by molar-refractivity contribution is -0.384. The number of rotatable bonds is 5. The van der Waals surface area contributed by atoms with Gasteiger partial charge in [-0.3, -0.25) is 10.1 Å². The van der Waals surface area contributed by atoms with E-state index in [1.165, 1.54) is 37.8 Å². The third-order valence-corrected chi connectivity index (χ3v) is 3.69. The molecule has 0 amide bonds. The zero-order valence-electron chi connectivity index (χ0n) is 10.1. The number of nitro benzene ring substituents is 1. The van der Waals surface area contributed by atoms with Gasteiger partial charge < -0.3 is 4.74 Å². The van der Waals surface area contributed by atoms with E-state index in [1.54, 1.807) is 6.07 Å². The average Bonchev–Trinajstić information content (AvgIpc) is 2.84. The number of non-ortho nitro benzene ring substituents is 1. The number of hydrogen-bond acceptors (Lipinski definition) is 3. The van der Waals surface area contributed by atoms with Crippen molar-refractivity contribution < 1.29 is 9.66 Å². The Kier molecular flexibility index (Phi) is 4.55. The number of hydrogen-bond donors (Lipinski definition) is 0. The quantitative estimate of drug-likeness (QED) is 0.601. The van der Waals surface area contributed by atoms with Crippen LogP contribution in [-0.4, -0.2) is 11.5 Å². The van der Waals surface area contributed by atoms with Gasteiger partial charge in [0.05, 0.1) is 11.5 Å². The second-order valence-electron chi connectivity index (χ2n) is 4.70. The minimum absolute atomic E-state index is 0.0545. The predicted molar refractivity (Wildman–Crippen MR) is 69.7 cm³/mol. The molecule has 0 N–H and O–H groups in total. The zero-order valence-corrected chi connectivity index (χ0v) is 10.9. The molecule has 4 nitrogen and oxygen atoms in total. The molecule has 0 heterocycles. The monoisotopic (exact) mass is 269 g/mol. The molecule has 0 unspecified atom stereocenters. The van der Waals surface area contributed by atoms with Gasteiger partial charge in [0.25, 0.3) is 5.69 Å². The molecule has 1 aliphatic rings. The fourth-order valence-electron chi connectivity index (χ4n) is 2.30. The highest BCUT2D eigenvalue weighted by molar-refractivity contribution is 6.31.